The van der Waals surface area contributed by atoms with Gasteiger partial charge < -0.3 is 0 Å². The molecule has 10 heavy (non-hydrogen) atoms. The summed E-state index contributed by atoms with van der Waals surface area (Å²) in [5, 5.41) is 8.65. The summed E-state index contributed by atoms with van der Waals surface area (Å²) in [5.74, 6) is 0. The van der Waals surface area contributed by atoms with Crippen LogP contribution in [0.3, 0.4) is 0 Å². The third-order valence-corrected chi connectivity index (χ3v) is 2.05. The molecule has 1 nitrogen and oxygen atoms in total. The Morgan fingerprint density at radius 2 is 2.40 bits per heavy atom. The van der Waals surface area contributed by atoms with E-state index in [2.05, 4.69) is 6.07 Å². The van der Waals surface area contributed by atoms with Crippen molar-refractivity contribution in [3.05, 3.63) is 11.6 Å². The van der Waals surface area contributed by atoms with Gasteiger partial charge in [-0.1, -0.05) is 12.5 Å². The summed E-state index contributed by atoms with van der Waals surface area (Å²) in [6.07, 6.45) is 6.08. The van der Waals surface area contributed by atoms with Crippen LogP contribution in [0, 0.1) is 11.3 Å². The lowest BCUT2D eigenvalue weighted by atomic mass is 10.1. The van der Waals surface area contributed by atoms with Crippen molar-refractivity contribution in [2.45, 2.75) is 31.1 Å². The molecule has 0 heterocycles. The average Bonchev–Trinajstić information content (AvgIpc) is 2.13. The first-order valence-electron chi connectivity index (χ1n) is 3.58. The number of hydrogen-bond acceptors (Lipinski definition) is 1. The molecule has 1 aliphatic rings. The second-order valence-corrected chi connectivity index (χ2v) is 3.13. The van der Waals surface area contributed by atoms with E-state index in [4.69, 9.17) is 16.9 Å². The predicted molar refractivity (Wildman–Crippen MR) is 41.8 cm³/mol. The first kappa shape index (κ1) is 7.63. The molecule has 0 spiro atoms. The fraction of sp³-hybridized carbons (Fsp3) is 0.625. The molecule has 0 aromatic heterocycles. The van der Waals surface area contributed by atoms with E-state index in [1.54, 1.807) is 0 Å². The van der Waals surface area contributed by atoms with Crippen LogP contribution in [-0.4, -0.2) is 5.38 Å². The van der Waals surface area contributed by atoms with Crippen LogP contribution < -0.4 is 0 Å². The van der Waals surface area contributed by atoms with Gasteiger partial charge in [-0.25, -0.2) is 0 Å². The molecule has 0 aromatic rings. The number of hydrogen-bond donors (Lipinski definition) is 0. The Labute approximate surface area is 66.3 Å². The van der Waals surface area contributed by atoms with Crippen molar-refractivity contribution in [2.75, 3.05) is 0 Å². The smallest absolute Gasteiger partial charge is 0.0944 e. The summed E-state index contributed by atoms with van der Waals surface area (Å²) in [6, 6.07) is 2.15. The second kappa shape index (κ2) is 3.63. The van der Waals surface area contributed by atoms with E-state index < -0.39 is 0 Å². The molecule has 0 aliphatic heterocycles. The zero-order valence-electron chi connectivity index (χ0n) is 5.81. The van der Waals surface area contributed by atoms with Crippen LogP contribution in [0.4, 0.5) is 0 Å². The van der Waals surface area contributed by atoms with Crippen molar-refractivity contribution >= 4 is 11.6 Å². The quantitative estimate of drug-likeness (QED) is 0.494. The van der Waals surface area contributed by atoms with E-state index in [9.17, 15) is 0 Å². The maximum Gasteiger partial charge on any atom is 0.0944 e. The zero-order valence-corrected chi connectivity index (χ0v) is 6.56. The fourth-order valence-electron chi connectivity index (χ4n) is 1.13. The lowest BCUT2D eigenvalue weighted by molar-refractivity contribution is 0.717. The standard InChI is InChI=1S/C8H10ClN/c9-8-4-2-1-3-7(5-8)6-10/h5,8H,1-4H2. The SMILES string of the molecule is N#CC1=CC(Cl)CCCC1. The topological polar surface area (TPSA) is 23.8 Å². The van der Waals surface area contributed by atoms with Crippen molar-refractivity contribution < 1.29 is 0 Å². The summed E-state index contributed by atoms with van der Waals surface area (Å²) in [7, 11) is 0. The van der Waals surface area contributed by atoms with Crippen molar-refractivity contribution in [3.8, 4) is 6.07 Å². The fourth-order valence-corrected chi connectivity index (χ4v) is 1.44. The highest BCUT2D eigenvalue weighted by Gasteiger charge is 2.07. The highest BCUT2D eigenvalue weighted by molar-refractivity contribution is 6.21. The summed E-state index contributed by atoms with van der Waals surface area (Å²) in [5.41, 5.74) is 0.859. The summed E-state index contributed by atoms with van der Waals surface area (Å²) < 4.78 is 0. The Hall–Kier alpha value is -0.480. The van der Waals surface area contributed by atoms with Crippen molar-refractivity contribution in [3.63, 3.8) is 0 Å². The molecule has 0 N–H and O–H groups in total. The van der Waals surface area contributed by atoms with Gasteiger partial charge in [-0.15, -0.1) is 11.6 Å². The minimum Gasteiger partial charge on any atom is -0.193 e. The van der Waals surface area contributed by atoms with E-state index >= 15 is 0 Å². The van der Waals surface area contributed by atoms with Crippen LogP contribution in [0.1, 0.15) is 25.7 Å². The lowest BCUT2D eigenvalue weighted by Gasteiger charge is -1.96. The van der Waals surface area contributed by atoms with Crippen LogP contribution in [0.15, 0.2) is 11.6 Å². The molecule has 1 rings (SSSR count). The van der Waals surface area contributed by atoms with E-state index in [1.807, 2.05) is 6.08 Å². The molecule has 0 saturated carbocycles. The molecular formula is C8H10ClN. The number of rotatable bonds is 0. The number of halogens is 1. The van der Waals surface area contributed by atoms with Crippen molar-refractivity contribution in [1.29, 1.82) is 5.26 Å². The van der Waals surface area contributed by atoms with Gasteiger partial charge >= 0.3 is 0 Å². The lowest BCUT2D eigenvalue weighted by Crippen LogP contribution is -1.90. The molecule has 0 radical (unpaired) electrons. The molecular weight excluding hydrogens is 146 g/mol. The molecule has 0 bridgehead atoms. The molecule has 0 saturated heterocycles. The average molecular weight is 156 g/mol. The van der Waals surface area contributed by atoms with Crippen LogP contribution in [0.25, 0.3) is 0 Å². The second-order valence-electron chi connectivity index (χ2n) is 2.57. The maximum atomic E-state index is 8.56. The molecule has 2 heteroatoms. The number of alkyl halides is 1. The van der Waals surface area contributed by atoms with Crippen LogP contribution in [0.2, 0.25) is 0 Å². The van der Waals surface area contributed by atoms with Crippen LogP contribution in [-0.2, 0) is 0 Å². The zero-order chi connectivity index (χ0) is 7.40. The van der Waals surface area contributed by atoms with E-state index in [1.165, 1.54) is 0 Å². The van der Waals surface area contributed by atoms with Crippen LogP contribution in [0.5, 0.6) is 0 Å². The molecule has 0 amide bonds. The van der Waals surface area contributed by atoms with E-state index in [-0.39, 0.29) is 5.38 Å². The maximum absolute atomic E-state index is 8.56. The molecule has 1 atom stereocenters. The third kappa shape index (κ3) is 2.04. The minimum absolute atomic E-state index is 0.0946. The Bertz CT molecular complexity index is 178. The van der Waals surface area contributed by atoms with Gasteiger partial charge in [0.25, 0.3) is 0 Å². The number of nitrogens with zero attached hydrogens (tertiary/aromatic N) is 1. The molecule has 54 valence electrons. The Balaban J connectivity index is 2.61. The first-order valence-corrected chi connectivity index (χ1v) is 4.01. The summed E-state index contributed by atoms with van der Waals surface area (Å²) >= 11 is 5.87. The van der Waals surface area contributed by atoms with Crippen molar-refractivity contribution in [2.24, 2.45) is 0 Å². The van der Waals surface area contributed by atoms with Gasteiger partial charge in [-0.2, -0.15) is 5.26 Å². The molecule has 1 unspecified atom stereocenters. The van der Waals surface area contributed by atoms with Gasteiger partial charge in [-0.3, -0.25) is 0 Å². The predicted octanol–water partition coefficient (Wildman–Crippen LogP) is 2.62. The molecule has 0 fully saturated rings. The van der Waals surface area contributed by atoms with Gasteiger partial charge in [0.2, 0.25) is 0 Å². The van der Waals surface area contributed by atoms with Crippen molar-refractivity contribution in [1.82, 2.24) is 0 Å². The van der Waals surface area contributed by atoms with Gasteiger partial charge in [0.15, 0.2) is 0 Å². The Kier molecular flexibility index (Phi) is 2.77. The minimum atomic E-state index is 0.0946. The monoisotopic (exact) mass is 155 g/mol. The van der Waals surface area contributed by atoms with E-state index in [0.29, 0.717) is 0 Å². The van der Waals surface area contributed by atoms with E-state index in [0.717, 1.165) is 31.3 Å². The summed E-state index contributed by atoms with van der Waals surface area (Å²) in [4.78, 5) is 0. The van der Waals surface area contributed by atoms with Gasteiger partial charge in [0.05, 0.1) is 11.4 Å². The van der Waals surface area contributed by atoms with Gasteiger partial charge in [0.1, 0.15) is 0 Å². The highest BCUT2D eigenvalue weighted by Crippen LogP contribution is 2.20. The van der Waals surface area contributed by atoms with Gasteiger partial charge in [0, 0.05) is 5.57 Å². The Morgan fingerprint density at radius 1 is 1.60 bits per heavy atom. The van der Waals surface area contributed by atoms with Crippen LogP contribution >= 0.6 is 11.6 Å². The largest absolute Gasteiger partial charge is 0.193 e. The third-order valence-electron chi connectivity index (χ3n) is 1.70. The van der Waals surface area contributed by atoms with Gasteiger partial charge in [-0.05, 0) is 19.3 Å². The molecule has 1 aliphatic carbocycles. The summed E-state index contributed by atoms with van der Waals surface area (Å²) in [6.45, 7) is 0. The first-order chi connectivity index (χ1) is 4.83. The normalized spacial score (nSPS) is 26.4. The highest BCUT2D eigenvalue weighted by atomic mass is 35.5. The number of nitriles is 1. The number of allylic oxidation sites excluding steroid dienone is 2. The Morgan fingerprint density at radius 3 is 3.10 bits per heavy atom. The molecule has 0 aromatic carbocycles.